The van der Waals surface area contributed by atoms with E-state index in [1.165, 1.54) is 30.7 Å². The highest BCUT2D eigenvalue weighted by atomic mass is 16.6. The van der Waals surface area contributed by atoms with E-state index in [0.29, 0.717) is 11.7 Å². The fourth-order valence-corrected chi connectivity index (χ4v) is 4.07. The summed E-state index contributed by atoms with van der Waals surface area (Å²) in [5, 5.41) is 15.0. The molecule has 2 fully saturated rings. The van der Waals surface area contributed by atoms with Crippen LogP contribution in [0, 0.1) is 26.9 Å². The zero-order valence-electron chi connectivity index (χ0n) is 14.7. The number of hydrazone groups is 1. The number of nitro benzene ring substituents is 1. The van der Waals surface area contributed by atoms with Crippen molar-refractivity contribution in [2.24, 2.45) is 21.8 Å². The molecule has 1 aromatic rings. The van der Waals surface area contributed by atoms with Crippen LogP contribution in [0.4, 0.5) is 5.69 Å². The minimum atomic E-state index is -0.482. The molecule has 0 saturated heterocycles. The van der Waals surface area contributed by atoms with Crippen LogP contribution in [0.2, 0.25) is 0 Å². The van der Waals surface area contributed by atoms with Crippen LogP contribution in [0.5, 0.6) is 5.75 Å². The van der Waals surface area contributed by atoms with E-state index in [1.54, 1.807) is 0 Å². The smallest absolute Gasteiger partial charge is 0.277 e. The van der Waals surface area contributed by atoms with Crippen molar-refractivity contribution in [3.05, 3.63) is 34.4 Å². The van der Waals surface area contributed by atoms with Gasteiger partial charge in [0.15, 0.2) is 6.61 Å². The average Bonchev–Trinajstić information content (AvgIpc) is 2.91. The first-order valence-corrected chi connectivity index (χ1v) is 8.47. The van der Waals surface area contributed by atoms with Crippen molar-refractivity contribution in [2.75, 3.05) is 6.61 Å². The van der Waals surface area contributed by atoms with E-state index in [0.717, 1.165) is 18.6 Å². The molecule has 2 saturated carbocycles. The monoisotopic (exact) mass is 345 g/mol. The second-order valence-electron chi connectivity index (χ2n) is 7.63. The fraction of sp³-hybridized carbons (Fsp3) is 0.556. The van der Waals surface area contributed by atoms with Gasteiger partial charge in [-0.1, -0.05) is 20.8 Å². The van der Waals surface area contributed by atoms with Crippen LogP contribution in [-0.2, 0) is 4.79 Å². The molecule has 2 aliphatic carbocycles. The van der Waals surface area contributed by atoms with Crippen LogP contribution in [0.15, 0.2) is 29.4 Å². The molecule has 0 aromatic heterocycles. The summed E-state index contributed by atoms with van der Waals surface area (Å²) in [6, 6.07) is 5.62. The quantitative estimate of drug-likeness (QED) is 0.654. The molecular formula is C18H23N3O4. The van der Waals surface area contributed by atoms with Gasteiger partial charge in [-0.3, -0.25) is 14.9 Å². The summed E-state index contributed by atoms with van der Waals surface area (Å²) in [7, 11) is 0. The lowest BCUT2D eigenvalue weighted by Gasteiger charge is -2.34. The molecule has 134 valence electrons. The van der Waals surface area contributed by atoms with Crippen molar-refractivity contribution in [3.8, 4) is 5.75 Å². The van der Waals surface area contributed by atoms with Crippen LogP contribution < -0.4 is 10.2 Å². The molecule has 1 amide bonds. The minimum absolute atomic E-state index is 0.0182. The summed E-state index contributed by atoms with van der Waals surface area (Å²) >= 11 is 0. The lowest BCUT2D eigenvalue weighted by molar-refractivity contribution is -0.384. The van der Waals surface area contributed by atoms with Gasteiger partial charge in [-0.2, -0.15) is 5.10 Å². The van der Waals surface area contributed by atoms with E-state index in [1.807, 2.05) is 0 Å². The standard InChI is InChI=1S/C18H23N3O4/c1-17(2)12-8-9-18(17,3)15(10-12)19-20-16(22)11-25-14-6-4-13(5-7-14)21(23)24/h4-7,12H,8-11H2,1-3H3,(H,20,22). The molecule has 0 spiro atoms. The maximum absolute atomic E-state index is 12.0. The Morgan fingerprint density at radius 1 is 1.36 bits per heavy atom. The Kier molecular flexibility index (Phi) is 4.26. The number of nitrogens with one attached hydrogen (secondary N) is 1. The Hall–Kier alpha value is -2.44. The van der Waals surface area contributed by atoms with Gasteiger partial charge in [0, 0.05) is 23.3 Å². The Labute approximate surface area is 146 Å². The van der Waals surface area contributed by atoms with E-state index in [9.17, 15) is 14.9 Å². The van der Waals surface area contributed by atoms with Crippen molar-refractivity contribution >= 4 is 17.3 Å². The summed E-state index contributed by atoms with van der Waals surface area (Å²) in [5.74, 6) is 0.695. The van der Waals surface area contributed by atoms with Gasteiger partial charge in [0.05, 0.1) is 4.92 Å². The Balaban J connectivity index is 1.54. The van der Waals surface area contributed by atoms with Crippen molar-refractivity contribution in [2.45, 2.75) is 40.0 Å². The number of carbonyl (C=O) groups excluding carboxylic acids is 1. The molecule has 2 unspecified atom stereocenters. The number of nitro groups is 1. The van der Waals surface area contributed by atoms with Crippen LogP contribution in [0.1, 0.15) is 40.0 Å². The number of nitrogens with zero attached hydrogens (tertiary/aromatic N) is 2. The van der Waals surface area contributed by atoms with Crippen molar-refractivity contribution in [1.82, 2.24) is 5.43 Å². The lowest BCUT2D eigenvalue weighted by Crippen LogP contribution is -2.35. The molecule has 2 bridgehead atoms. The highest BCUT2D eigenvalue weighted by Crippen LogP contribution is 2.63. The van der Waals surface area contributed by atoms with Crippen molar-refractivity contribution in [3.63, 3.8) is 0 Å². The maximum Gasteiger partial charge on any atom is 0.277 e. The van der Waals surface area contributed by atoms with E-state index in [2.05, 4.69) is 31.3 Å². The van der Waals surface area contributed by atoms with Gasteiger partial charge in [0.2, 0.25) is 0 Å². The molecule has 0 heterocycles. The van der Waals surface area contributed by atoms with E-state index in [4.69, 9.17) is 4.74 Å². The molecule has 2 atom stereocenters. The summed E-state index contributed by atoms with van der Waals surface area (Å²) < 4.78 is 5.34. The van der Waals surface area contributed by atoms with Gasteiger partial charge in [-0.15, -0.1) is 0 Å². The second-order valence-corrected chi connectivity index (χ2v) is 7.63. The number of rotatable bonds is 5. The molecule has 1 aromatic carbocycles. The molecule has 25 heavy (non-hydrogen) atoms. The van der Waals surface area contributed by atoms with Crippen molar-refractivity contribution < 1.29 is 14.5 Å². The zero-order chi connectivity index (χ0) is 18.2. The molecule has 0 aliphatic heterocycles. The normalized spacial score (nSPS) is 28.1. The van der Waals surface area contributed by atoms with E-state index >= 15 is 0 Å². The molecule has 3 rings (SSSR count). The molecule has 7 nitrogen and oxygen atoms in total. The van der Waals surface area contributed by atoms with Gasteiger partial charge in [-0.05, 0) is 42.7 Å². The second kappa shape index (κ2) is 6.13. The maximum atomic E-state index is 12.0. The molecule has 2 aliphatic rings. The number of ether oxygens (including phenoxy) is 1. The van der Waals surface area contributed by atoms with Crippen LogP contribution in [0.25, 0.3) is 0 Å². The summed E-state index contributed by atoms with van der Waals surface area (Å²) in [6.07, 6.45) is 3.27. The predicted octanol–water partition coefficient (Wildman–Crippen LogP) is 3.29. The van der Waals surface area contributed by atoms with Crippen LogP contribution in [-0.4, -0.2) is 23.1 Å². The number of fused-ring (bicyclic) bond motifs is 2. The first kappa shape index (κ1) is 17.4. The molecular weight excluding hydrogens is 322 g/mol. The van der Waals surface area contributed by atoms with Crippen molar-refractivity contribution in [1.29, 1.82) is 0 Å². The predicted molar refractivity (Wildman–Crippen MR) is 93.4 cm³/mol. The van der Waals surface area contributed by atoms with E-state index in [-0.39, 0.29) is 29.0 Å². The minimum Gasteiger partial charge on any atom is -0.484 e. The molecule has 1 N–H and O–H groups in total. The summed E-state index contributed by atoms with van der Waals surface area (Å²) in [4.78, 5) is 22.1. The third kappa shape index (κ3) is 2.99. The number of hydrogen-bond acceptors (Lipinski definition) is 5. The third-order valence-corrected chi connectivity index (χ3v) is 6.25. The highest BCUT2D eigenvalue weighted by Gasteiger charge is 2.59. The van der Waals surface area contributed by atoms with Gasteiger partial charge in [0.1, 0.15) is 5.75 Å². The van der Waals surface area contributed by atoms with Gasteiger partial charge >= 0.3 is 0 Å². The van der Waals surface area contributed by atoms with Gasteiger partial charge < -0.3 is 4.74 Å². The first-order valence-electron chi connectivity index (χ1n) is 8.47. The molecule has 0 radical (unpaired) electrons. The number of carbonyl (C=O) groups is 1. The zero-order valence-corrected chi connectivity index (χ0v) is 14.7. The number of amides is 1. The number of non-ortho nitro benzene ring substituents is 1. The Morgan fingerprint density at radius 2 is 2.04 bits per heavy atom. The fourth-order valence-electron chi connectivity index (χ4n) is 4.07. The largest absolute Gasteiger partial charge is 0.484 e. The summed E-state index contributed by atoms with van der Waals surface area (Å²) in [6.45, 7) is 6.62. The Bertz CT molecular complexity index is 726. The van der Waals surface area contributed by atoms with Gasteiger partial charge in [0.25, 0.3) is 11.6 Å². The van der Waals surface area contributed by atoms with Gasteiger partial charge in [-0.25, -0.2) is 5.43 Å². The third-order valence-electron chi connectivity index (χ3n) is 6.25. The topological polar surface area (TPSA) is 93.8 Å². The average molecular weight is 345 g/mol. The van der Waals surface area contributed by atoms with Crippen LogP contribution >= 0.6 is 0 Å². The van der Waals surface area contributed by atoms with Crippen LogP contribution in [0.3, 0.4) is 0 Å². The lowest BCUT2D eigenvalue weighted by atomic mass is 9.70. The molecule has 7 heteroatoms. The summed E-state index contributed by atoms with van der Waals surface area (Å²) in [5.41, 5.74) is 3.90. The van der Waals surface area contributed by atoms with E-state index < -0.39 is 4.92 Å². The number of hydrogen-bond donors (Lipinski definition) is 1. The SMILES string of the molecule is CC12CCC(CC1=NNC(=O)COc1ccc([N+](=O)[O-])cc1)C2(C)C. The highest BCUT2D eigenvalue weighted by molar-refractivity contribution is 5.95. The Morgan fingerprint density at radius 3 is 2.56 bits per heavy atom. The number of benzene rings is 1. The first-order chi connectivity index (χ1) is 11.7.